The molecule has 2 N–H and O–H groups in total. The zero-order chi connectivity index (χ0) is 10.7. The molecule has 1 unspecified atom stereocenters. The Morgan fingerprint density at radius 2 is 2.20 bits per heavy atom. The first-order valence-corrected chi connectivity index (χ1v) is 5.54. The van der Waals surface area contributed by atoms with Crippen LogP contribution in [-0.4, -0.2) is 60.9 Å². The van der Waals surface area contributed by atoms with Crippen LogP contribution in [-0.2, 0) is 9.53 Å². The van der Waals surface area contributed by atoms with Crippen LogP contribution in [0.5, 0.6) is 0 Å². The molecular formula is C10H18N2O3. The fraction of sp³-hybridized carbons (Fsp3) is 0.900. The molecule has 5 nitrogen and oxygen atoms in total. The Balaban J connectivity index is 1.95. The lowest BCUT2D eigenvalue weighted by atomic mass is 10.0. The van der Waals surface area contributed by atoms with Gasteiger partial charge < -0.3 is 20.1 Å². The van der Waals surface area contributed by atoms with Crippen molar-refractivity contribution in [3.05, 3.63) is 0 Å². The second-order valence-corrected chi connectivity index (χ2v) is 4.14. The molecule has 0 radical (unpaired) electrons. The van der Waals surface area contributed by atoms with Crippen LogP contribution < -0.4 is 5.32 Å². The minimum atomic E-state index is -0.197. The molecule has 0 saturated carbocycles. The molecule has 0 aliphatic carbocycles. The number of hydrogen-bond donors (Lipinski definition) is 2. The molecule has 1 atom stereocenters. The summed E-state index contributed by atoms with van der Waals surface area (Å²) >= 11 is 0. The molecule has 2 fully saturated rings. The maximum atomic E-state index is 11.7. The van der Waals surface area contributed by atoms with Gasteiger partial charge in [0.05, 0.1) is 12.7 Å². The number of rotatable bonds is 2. The van der Waals surface area contributed by atoms with Crippen molar-refractivity contribution in [3.63, 3.8) is 0 Å². The van der Waals surface area contributed by atoms with E-state index in [4.69, 9.17) is 9.84 Å². The topological polar surface area (TPSA) is 61.8 Å². The first-order chi connectivity index (χ1) is 7.31. The Kier molecular flexibility index (Phi) is 3.56. The van der Waals surface area contributed by atoms with Gasteiger partial charge in [-0.3, -0.25) is 4.79 Å². The third-order valence-corrected chi connectivity index (χ3v) is 3.12. The summed E-state index contributed by atoms with van der Waals surface area (Å²) in [5.41, 5.74) is 0. The number of aliphatic hydroxyl groups is 1. The zero-order valence-electron chi connectivity index (χ0n) is 8.82. The molecule has 1 amide bonds. The highest BCUT2D eigenvalue weighted by atomic mass is 16.5. The van der Waals surface area contributed by atoms with E-state index in [0.717, 1.165) is 25.9 Å². The summed E-state index contributed by atoms with van der Waals surface area (Å²) in [5, 5.41) is 12.3. The Morgan fingerprint density at radius 1 is 1.47 bits per heavy atom. The Hall–Kier alpha value is -0.650. The van der Waals surface area contributed by atoms with Gasteiger partial charge >= 0.3 is 0 Å². The lowest BCUT2D eigenvalue weighted by Crippen LogP contribution is -2.54. The molecule has 5 heteroatoms. The molecule has 86 valence electrons. The summed E-state index contributed by atoms with van der Waals surface area (Å²) in [6.07, 6.45) is 1.81. The van der Waals surface area contributed by atoms with Gasteiger partial charge in [-0.1, -0.05) is 0 Å². The largest absolute Gasteiger partial charge is 0.394 e. The lowest BCUT2D eigenvalue weighted by Gasteiger charge is -2.39. The van der Waals surface area contributed by atoms with Gasteiger partial charge in [-0.25, -0.2) is 0 Å². The fourth-order valence-corrected chi connectivity index (χ4v) is 2.23. The van der Waals surface area contributed by atoms with Crippen molar-refractivity contribution < 1.29 is 14.6 Å². The van der Waals surface area contributed by atoms with Crippen LogP contribution in [0.3, 0.4) is 0 Å². The summed E-state index contributed by atoms with van der Waals surface area (Å²) in [4.78, 5) is 13.5. The summed E-state index contributed by atoms with van der Waals surface area (Å²) in [6.45, 7) is 2.60. The molecule has 2 aliphatic heterocycles. The van der Waals surface area contributed by atoms with Gasteiger partial charge in [-0.15, -0.1) is 0 Å². The number of ether oxygens (including phenoxy) is 1. The van der Waals surface area contributed by atoms with E-state index in [1.54, 1.807) is 0 Å². The minimum absolute atomic E-state index is 0.00521. The zero-order valence-corrected chi connectivity index (χ0v) is 8.82. The second kappa shape index (κ2) is 4.92. The van der Waals surface area contributed by atoms with Gasteiger partial charge in [-0.2, -0.15) is 0 Å². The molecule has 2 heterocycles. The van der Waals surface area contributed by atoms with Crippen LogP contribution in [0.4, 0.5) is 0 Å². The molecule has 15 heavy (non-hydrogen) atoms. The van der Waals surface area contributed by atoms with Gasteiger partial charge in [0, 0.05) is 12.6 Å². The van der Waals surface area contributed by atoms with Gasteiger partial charge in [0.1, 0.15) is 6.61 Å². The van der Waals surface area contributed by atoms with Crippen molar-refractivity contribution >= 4 is 5.91 Å². The lowest BCUT2D eigenvalue weighted by molar-refractivity contribution is -0.155. The quantitative estimate of drug-likeness (QED) is 0.616. The molecule has 0 aromatic rings. The van der Waals surface area contributed by atoms with Crippen molar-refractivity contribution in [3.8, 4) is 0 Å². The number of amides is 1. The third-order valence-electron chi connectivity index (χ3n) is 3.12. The van der Waals surface area contributed by atoms with E-state index in [1.807, 2.05) is 4.90 Å². The number of nitrogens with one attached hydrogen (secondary N) is 1. The molecule has 2 rings (SSSR count). The van der Waals surface area contributed by atoms with E-state index in [1.165, 1.54) is 0 Å². The molecule has 0 spiro atoms. The number of aliphatic hydroxyl groups excluding tert-OH is 1. The van der Waals surface area contributed by atoms with Crippen molar-refractivity contribution in [2.75, 3.05) is 32.8 Å². The van der Waals surface area contributed by atoms with E-state index < -0.39 is 0 Å². The first-order valence-electron chi connectivity index (χ1n) is 5.54. The molecule has 2 aliphatic rings. The van der Waals surface area contributed by atoms with Crippen LogP contribution in [0, 0.1) is 0 Å². The van der Waals surface area contributed by atoms with E-state index in [0.29, 0.717) is 12.6 Å². The van der Waals surface area contributed by atoms with Gasteiger partial charge in [-0.05, 0) is 25.9 Å². The number of carbonyl (C=O) groups is 1. The summed E-state index contributed by atoms with van der Waals surface area (Å²) in [7, 11) is 0. The molecule has 0 bridgehead atoms. The van der Waals surface area contributed by atoms with Gasteiger partial charge in [0.25, 0.3) is 0 Å². The normalized spacial score (nSPS) is 29.5. The maximum Gasteiger partial charge on any atom is 0.248 e. The third kappa shape index (κ3) is 2.48. The van der Waals surface area contributed by atoms with E-state index >= 15 is 0 Å². The average Bonchev–Trinajstić information content (AvgIpc) is 2.31. The smallest absolute Gasteiger partial charge is 0.248 e. The van der Waals surface area contributed by atoms with Crippen molar-refractivity contribution in [1.82, 2.24) is 10.2 Å². The molecule has 0 aromatic carbocycles. The number of piperidine rings is 1. The first kappa shape index (κ1) is 10.9. The average molecular weight is 214 g/mol. The Labute approximate surface area is 89.4 Å². The van der Waals surface area contributed by atoms with Crippen LogP contribution >= 0.6 is 0 Å². The summed E-state index contributed by atoms with van der Waals surface area (Å²) in [6, 6.07) is 0.330. The highest BCUT2D eigenvalue weighted by Crippen LogP contribution is 2.16. The molecule has 2 saturated heterocycles. The predicted molar refractivity (Wildman–Crippen MR) is 54.4 cm³/mol. The van der Waals surface area contributed by atoms with Crippen LogP contribution in [0.2, 0.25) is 0 Å². The van der Waals surface area contributed by atoms with E-state index in [-0.39, 0.29) is 25.2 Å². The fourth-order valence-electron chi connectivity index (χ4n) is 2.23. The maximum absolute atomic E-state index is 11.7. The van der Waals surface area contributed by atoms with E-state index in [2.05, 4.69) is 5.32 Å². The van der Waals surface area contributed by atoms with Crippen molar-refractivity contribution in [2.45, 2.75) is 25.0 Å². The molecular weight excluding hydrogens is 196 g/mol. The number of nitrogens with zero attached hydrogens (tertiary/aromatic N) is 1. The highest BCUT2D eigenvalue weighted by molar-refractivity contribution is 5.78. The van der Waals surface area contributed by atoms with Gasteiger partial charge in [0.2, 0.25) is 5.91 Å². The van der Waals surface area contributed by atoms with Gasteiger partial charge in [0.15, 0.2) is 0 Å². The van der Waals surface area contributed by atoms with Crippen molar-refractivity contribution in [1.29, 1.82) is 0 Å². The predicted octanol–water partition coefficient (Wildman–Crippen LogP) is -1.04. The Bertz CT molecular complexity index is 229. The second-order valence-electron chi connectivity index (χ2n) is 4.14. The molecule has 0 aromatic heterocycles. The van der Waals surface area contributed by atoms with Crippen molar-refractivity contribution in [2.24, 2.45) is 0 Å². The standard InChI is InChI=1S/C10H18N2O3/c13-6-9-5-12(10(14)7-15-9)8-1-3-11-4-2-8/h8-9,11,13H,1-7H2. The van der Waals surface area contributed by atoms with Crippen LogP contribution in [0.15, 0.2) is 0 Å². The Morgan fingerprint density at radius 3 is 2.87 bits per heavy atom. The minimum Gasteiger partial charge on any atom is -0.394 e. The SMILES string of the molecule is O=C1COC(CO)CN1C1CCNCC1. The van der Waals surface area contributed by atoms with Crippen LogP contribution in [0.25, 0.3) is 0 Å². The monoisotopic (exact) mass is 214 g/mol. The number of morpholine rings is 1. The van der Waals surface area contributed by atoms with E-state index in [9.17, 15) is 4.79 Å². The summed E-state index contributed by atoms with van der Waals surface area (Å²) < 4.78 is 5.20. The number of carbonyl (C=O) groups excluding carboxylic acids is 1. The summed E-state index contributed by atoms with van der Waals surface area (Å²) in [5.74, 6) is 0.0617. The highest BCUT2D eigenvalue weighted by Gasteiger charge is 2.31. The number of hydrogen-bond acceptors (Lipinski definition) is 4. The van der Waals surface area contributed by atoms with Crippen LogP contribution in [0.1, 0.15) is 12.8 Å².